The molecule has 0 fully saturated rings. The third kappa shape index (κ3) is 9.88. The number of thioether (sulfide) groups is 1. The van der Waals surface area contributed by atoms with Gasteiger partial charge in [-0.25, -0.2) is 15.0 Å². The minimum absolute atomic E-state index is 0.853. The van der Waals surface area contributed by atoms with E-state index in [9.17, 15) is 0 Å². The number of nitrogens with zero attached hydrogens (tertiary/aromatic N) is 3. The zero-order valence-corrected chi connectivity index (χ0v) is 13.0. The molecule has 0 aliphatic carbocycles. The van der Waals surface area contributed by atoms with Gasteiger partial charge in [0.1, 0.15) is 12.7 Å². The van der Waals surface area contributed by atoms with Gasteiger partial charge in [0.15, 0.2) is 5.16 Å². The van der Waals surface area contributed by atoms with E-state index in [0.717, 1.165) is 10.9 Å². The summed E-state index contributed by atoms with van der Waals surface area (Å²) in [6, 6.07) is 0. The van der Waals surface area contributed by atoms with E-state index in [0.29, 0.717) is 0 Å². The third-order valence-electron chi connectivity index (χ3n) is 3.20. The van der Waals surface area contributed by atoms with Gasteiger partial charge in [-0.05, 0) is 6.42 Å². The van der Waals surface area contributed by atoms with Crippen molar-refractivity contribution >= 4 is 11.8 Å². The van der Waals surface area contributed by atoms with Crippen molar-refractivity contribution in [3.8, 4) is 0 Å². The zero-order chi connectivity index (χ0) is 13.6. The average Bonchev–Trinajstić information content (AvgIpc) is 2.46. The first-order valence-corrected chi connectivity index (χ1v) is 8.67. The number of hydrogen-bond acceptors (Lipinski definition) is 4. The van der Waals surface area contributed by atoms with Crippen molar-refractivity contribution in [2.24, 2.45) is 0 Å². The molecule has 4 heteroatoms. The first-order chi connectivity index (χ1) is 9.43. The van der Waals surface area contributed by atoms with Crippen molar-refractivity contribution in [1.82, 2.24) is 15.0 Å². The third-order valence-corrected chi connectivity index (χ3v) is 4.16. The normalized spacial score (nSPS) is 10.8. The summed E-state index contributed by atoms with van der Waals surface area (Å²) in [5.74, 6) is 1.13. The molecule has 0 amide bonds. The average molecular weight is 281 g/mol. The van der Waals surface area contributed by atoms with Crippen LogP contribution in [0.5, 0.6) is 0 Å². The predicted octanol–water partition coefficient (Wildman–Crippen LogP) is 4.88. The summed E-state index contributed by atoms with van der Waals surface area (Å²) in [6.07, 6.45) is 17.0. The van der Waals surface area contributed by atoms with Gasteiger partial charge < -0.3 is 0 Å². The Hall–Kier alpha value is -0.640. The van der Waals surface area contributed by atoms with Crippen LogP contribution in [0.2, 0.25) is 0 Å². The molecule has 0 unspecified atom stereocenters. The van der Waals surface area contributed by atoms with E-state index in [1.165, 1.54) is 64.2 Å². The summed E-state index contributed by atoms with van der Waals surface area (Å²) >= 11 is 1.74. The SMILES string of the molecule is CCCCCCCCCCCCSc1ncncn1. The molecule has 0 bridgehead atoms. The summed E-state index contributed by atoms with van der Waals surface area (Å²) in [5, 5.41) is 0.853. The van der Waals surface area contributed by atoms with Crippen LogP contribution in [0.4, 0.5) is 0 Å². The fourth-order valence-electron chi connectivity index (χ4n) is 2.06. The van der Waals surface area contributed by atoms with Crippen molar-refractivity contribution in [2.75, 3.05) is 5.75 Å². The Morgan fingerprint density at radius 3 is 1.89 bits per heavy atom. The number of aromatic nitrogens is 3. The van der Waals surface area contributed by atoms with Crippen LogP contribution in [-0.2, 0) is 0 Å². The lowest BCUT2D eigenvalue weighted by Gasteiger charge is -2.02. The second-order valence-corrected chi connectivity index (χ2v) is 6.01. The highest BCUT2D eigenvalue weighted by molar-refractivity contribution is 7.99. The van der Waals surface area contributed by atoms with Crippen LogP contribution in [0.3, 0.4) is 0 Å². The molecule has 0 aliphatic rings. The molecule has 1 aromatic rings. The van der Waals surface area contributed by atoms with E-state index in [-0.39, 0.29) is 0 Å². The lowest BCUT2D eigenvalue weighted by Crippen LogP contribution is -1.88. The Labute approximate surface area is 122 Å². The molecule has 0 aromatic carbocycles. The molecule has 0 aliphatic heterocycles. The van der Waals surface area contributed by atoms with Crippen LogP contribution in [-0.4, -0.2) is 20.7 Å². The summed E-state index contributed by atoms with van der Waals surface area (Å²) in [5.41, 5.74) is 0. The van der Waals surface area contributed by atoms with Crippen LogP contribution >= 0.6 is 11.8 Å². The first-order valence-electron chi connectivity index (χ1n) is 7.68. The van der Waals surface area contributed by atoms with Crippen molar-refractivity contribution in [1.29, 1.82) is 0 Å². The molecular formula is C15H27N3S. The smallest absolute Gasteiger partial charge is 0.190 e. The summed E-state index contributed by atoms with van der Waals surface area (Å²) < 4.78 is 0. The van der Waals surface area contributed by atoms with Gasteiger partial charge in [0, 0.05) is 5.75 Å². The molecule has 108 valence electrons. The van der Waals surface area contributed by atoms with Crippen molar-refractivity contribution in [3.63, 3.8) is 0 Å². The van der Waals surface area contributed by atoms with Crippen molar-refractivity contribution in [2.45, 2.75) is 76.3 Å². The highest BCUT2D eigenvalue weighted by Crippen LogP contribution is 2.15. The second-order valence-electron chi connectivity index (χ2n) is 4.95. The van der Waals surface area contributed by atoms with Gasteiger partial charge in [-0.2, -0.15) is 0 Å². The van der Waals surface area contributed by atoms with Gasteiger partial charge >= 0.3 is 0 Å². The van der Waals surface area contributed by atoms with Gasteiger partial charge in [0.25, 0.3) is 0 Å². The molecule has 1 aromatic heterocycles. The monoisotopic (exact) mass is 281 g/mol. The fraction of sp³-hybridized carbons (Fsp3) is 0.800. The van der Waals surface area contributed by atoms with Gasteiger partial charge in [-0.1, -0.05) is 76.5 Å². The molecule has 0 N–H and O–H groups in total. The van der Waals surface area contributed by atoms with Gasteiger partial charge in [0.05, 0.1) is 0 Å². The van der Waals surface area contributed by atoms with Gasteiger partial charge in [-0.15, -0.1) is 0 Å². The van der Waals surface area contributed by atoms with Gasteiger partial charge in [0.2, 0.25) is 0 Å². The molecule has 1 rings (SSSR count). The molecule has 3 nitrogen and oxygen atoms in total. The maximum absolute atomic E-state index is 4.10. The van der Waals surface area contributed by atoms with E-state index < -0.39 is 0 Å². The highest BCUT2D eigenvalue weighted by Gasteiger charge is 1.96. The van der Waals surface area contributed by atoms with Crippen LogP contribution < -0.4 is 0 Å². The van der Waals surface area contributed by atoms with E-state index in [1.807, 2.05) is 0 Å². The van der Waals surface area contributed by atoms with Crippen molar-refractivity contribution in [3.05, 3.63) is 12.7 Å². The molecule has 0 atom stereocenters. The Morgan fingerprint density at radius 2 is 1.32 bits per heavy atom. The molecule has 0 radical (unpaired) electrons. The number of hydrogen-bond donors (Lipinski definition) is 0. The lowest BCUT2D eigenvalue weighted by molar-refractivity contribution is 0.563. The molecular weight excluding hydrogens is 254 g/mol. The quantitative estimate of drug-likeness (QED) is 0.404. The van der Waals surface area contributed by atoms with E-state index in [2.05, 4.69) is 21.9 Å². The van der Waals surface area contributed by atoms with Crippen LogP contribution in [0.25, 0.3) is 0 Å². The topological polar surface area (TPSA) is 38.7 Å². The van der Waals surface area contributed by atoms with E-state index in [4.69, 9.17) is 0 Å². The highest BCUT2D eigenvalue weighted by atomic mass is 32.2. The molecule has 1 heterocycles. The number of rotatable bonds is 12. The standard InChI is InChI=1S/C15H27N3S/c1-2-3-4-5-6-7-8-9-10-11-12-19-15-17-13-16-14-18-15/h13-14H,2-12H2,1H3. The van der Waals surface area contributed by atoms with Crippen LogP contribution in [0, 0.1) is 0 Å². The summed E-state index contributed by atoms with van der Waals surface area (Å²) in [6.45, 7) is 2.27. The minimum atomic E-state index is 0.853. The van der Waals surface area contributed by atoms with E-state index >= 15 is 0 Å². The Bertz CT molecular complexity index is 293. The van der Waals surface area contributed by atoms with Crippen LogP contribution in [0.15, 0.2) is 17.8 Å². The molecule has 19 heavy (non-hydrogen) atoms. The van der Waals surface area contributed by atoms with Crippen molar-refractivity contribution < 1.29 is 0 Å². The molecule has 0 saturated carbocycles. The fourth-order valence-corrected chi connectivity index (χ4v) is 2.83. The summed E-state index contributed by atoms with van der Waals surface area (Å²) in [4.78, 5) is 12.0. The second kappa shape index (κ2) is 12.4. The maximum Gasteiger partial charge on any atom is 0.190 e. The van der Waals surface area contributed by atoms with Gasteiger partial charge in [-0.3, -0.25) is 0 Å². The Morgan fingerprint density at radius 1 is 0.789 bits per heavy atom. The van der Waals surface area contributed by atoms with E-state index in [1.54, 1.807) is 24.4 Å². The Balaban J connectivity index is 1.79. The minimum Gasteiger partial charge on any atom is -0.225 e. The largest absolute Gasteiger partial charge is 0.225 e. The zero-order valence-electron chi connectivity index (χ0n) is 12.2. The maximum atomic E-state index is 4.10. The molecule has 0 spiro atoms. The Kier molecular flexibility index (Phi) is 10.7. The molecule has 0 saturated heterocycles. The predicted molar refractivity (Wildman–Crippen MR) is 82.4 cm³/mol. The summed E-state index contributed by atoms with van der Waals surface area (Å²) in [7, 11) is 0. The first kappa shape index (κ1) is 16.4. The number of unbranched alkanes of at least 4 members (excludes halogenated alkanes) is 9. The lowest BCUT2D eigenvalue weighted by atomic mass is 10.1. The van der Waals surface area contributed by atoms with Crippen LogP contribution in [0.1, 0.15) is 71.1 Å².